The number of amides is 1. The molecular formula is C19H20FNO2. The summed E-state index contributed by atoms with van der Waals surface area (Å²) in [5.74, 6) is 0.0657. The smallest absolute Gasteiger partial charge is 0.253 e. The molecule has 0 aromatic heterocycles. The van der Waals surface area contributed by atoms with Crippen LogP contribution in [0.5, 0.6) is 0 Å². The number of piperidine rings is 1. The Labute approximate surface area is 135 Å². The summed E-state index contributed by atoms with van der Waals surface area (Å²) >= 11 is 0. The van der Waals surface area contributed by atoms with Crippen molar-refractivity contribution in [3.63, 3.8) is 0 Å². The summed E-state index contributed by atoms with van der Waals surface area (Å²) in [7, 11) is 0. The van der Waals surface area contributed by atoms with Crippen LogP contribution in [0.3, 0.4) is 0 Å². The molecule has 0 radical (unpaired) electrons. The number of carbonyl (C=O) groups excluding carboxylic acids is 1. The first-order valence-electron chi connectivity index (χ1n) is 7.93. The highest BCUT2D eigenvalue weighted by Crippen LogP contribution is 2.22. The molecule has 0 saturated carbocycles. The average molecular weight is 313 g/mol. The zero-order chi connectivity index (χ0) is 16.2. The van der Waals surface area contributed by atoms with Crippen LogP contribution in [0.1, 0.15) is 23.2 Å². The number of aliphatic hydroxyl groups excluding tert-OH is 1. The second-order valence-corrected chi connectivity index (χ2v) is 6.01. The van der Waals surface area contributed by atoms with Crippen molar-refractivity contribution in [2.45, 2.75) is 12.8 Å². The van der Waals surface area contributed by atoms with Gasteiger partial charge >= 0.3 is 0 Å². The van der Waals surface area contributed by atoms with Gasteiger partial charge in [-0.15, -0.1) is 0 Å². The zero-order valence-corrected chi connectivity index (χ0v) is 12.9. The molecule has 1 aliphatic heterocycles. The first kappa shape index (κ1) is 15.7. The van der Waals surface area contributed by atoms with E-state index in [9.17, 15) is 9.18 Å². The molecule has 1 heterocycles. The van der Waals surface area contributed by atoms with Crippen molar-refractivity contribution in [1.82, 2.24) is 4.90 Å². The Kier molecular flexibility index (Phi) is 4.72. The molecule has 3 rings (SSSR count). The summed E-state index contributed by atoms with van der Waals surface area (Å²) < 4.78 is 13.3. The second kappa shape index (κ2) is 6.92. The quantitative estimate of drug-likeness (QED) is 0.944. The van der Waals surface area contributed by atoms with Crippen molar-refractivity contribution in [1.29, 1.82) is 0 Å². The molecule has 1 aliphatic rings. The van der Waals surface area contributed by atoms with Crippen molar-refractivity contribution < 1.29 is 14.3 Å². The minimum Gasteiger partial charge on any atom is -0.396 e. The number of carbonyl (C=O) groups is 1. The van der Waals surface area contributed by atoms with E-state index in [1.165, 1.54) is 12.1 Å². The van der Waals surface area contributed by atoms with Crippen LogP contribution >= 0.6 is 0 Å². The molecule has 0 aliphatic carbocycles. The van der Waals surface area contributed by atoms with Crippen molar-refractivity contribution in [2.75, 3.05) is 19.7 Å². The van der Waals surface area contributed by atoms with Crippen LogP contribution in [0.4, 0.5) is 4.39 Å². The molecule has 0 spiro atoms. The molecule has 120 valence electrons. The van der Waals surface area contributed by atoms with E-state index in [-0.39, 0.29) is 18.3 Å². The largest absolute Gasteiger partial charge is 0.396 e. The molecule has 3 nitrogen and oxygen atoms in total. The maximum absolute atomic E-state index is 13.3. The van der Waals surface area contributed by atoms with Gasteiger partial charge in [0.2, 0.25) is 0 Å². The lowest BCUT2D eigenvalue weighted by atomic mass is 9.97. The van der Waals surface area contributed by atoms with Gasteiger partial charge in [0.25, 0.3) is 5.91 Å². The van der Waals surface area contributed by atoms with Gasteiger partial charge < -0.3 is 10.0 Å². The van der Waals surface area contributed by atoms with Crippen LogP contribution in [-0.4, -0.2) is 35.6 Å². The third kappa shape index (κ3) is 3.59. The zero-order valence-electron chi connectivity index (χ0n) is 12.9. The number of rotatable bonds is 3. The van der Waals surface area contributed by atoms with E-state index in [0.717, 1.165) is 24.0 Å². The molecule has 23 heavy (non-hydrogen) atoms. The van der Waals surface area contributed by atoms with Gasteiger partial charge in [-0.25, -0.2) is 4.39 Å². The Morgan fingerprint density at radius 2 is 1.78 bits per heavy atom. The molecule has 0 unspecified atom stereocenters. The minimum absolute atomic E-state index is 0.0205. The highest BCUT2D eigenvalue weighted by molar-refractivity contribution is 5.94. The summed E-state index contributed by atoms with van der Waals surface area (Å²) in [4.78, 5) is 14.3. The second-order valence-electron chi connectivity index (χ2n) is 6.01. The molecule has 1 N–H and O–H groups in total. The highest BCUT2D eigenvalue weighted by atomic mass is 19.1. The van der Waals surface area contributed by atoms with Crippen LogP contribution in [0.25, 0.3) is 11.1 Å². The number of nitrogens with zero attached hydrogens (tertiary/aromatic N) is 1. The number of halogens is 1. The molecule has 1 saturated heterocycles. The van der Waals surface area contributed by atoms with Gasteiger partial charge in [0.1, 0.15) is 5.82 Å². The van der Waals surface area contributed by atoms with Gasteiger partial charge in [0.15, 0.2) is 0 Å². The van der Waals surface area contributed by atoms with Crippen molar-refractivity contribution >= 4 is 5.91 Å². The topological polar surface area (TPSA) is 40.5 Å². The van der Waals surface area contributed by atoms with E-state index in [1.54, 1.807) is 18.2 Å². The maximum atomic E-state index is 13.3. The number of hydrogen-bond acceptors (Lipinski definition) is 2. The fourth-order valence-corrected chi connectivity index (χ4v) is 2.97. The number of aliphatic hydroxyl groups is 1. The predicted octanol–water partition coefficient (Wildman–Crippen LogP) is 3.34. The first-order valence-corrected chi connectivity index (χ1v) is 7.93. The first-order chi connectivity index (χ1) is 11.2. The lowest BCUT2D eigenvalue weighted by Crippen LogP contribution is -2.39. The normalized spacial score (nSPS) is 15.7. The number of hydrogen-bond donors (Lipinski definition) is 1. The Bertz CT molecular complexity index is 676. The molecule has 4 heteroatoms. The standard InChI is InChI=1S/C19H20FNO2/c20-18-3-1-2-17(12-18)15-4-6-16(7-5-15)19(23)21-10-8-14(13-22)9-11-21/h1-7,12,14,22H,8-11,13H2. The van der Waals surface area contributed by atoms with E-state index < -0.39 is 0 Å². The molecule has 2 aromatic carbocycles. The van der Waals surface area contributed by atoms with Crippen LogP contribution in [0.15, 0.2) is 48.5 Å². The summed E-state index contributed by atoms with van der Waals surface area (Å²) in [5.41, 5.74) is 2.33. The average Bonchev–Trinajstić information content (AvgIpc) is 2.61. The minimum atomic E-state index is -0.269. The molecule has 0 bridgehead atoms. The Hall–Kier alpha value is -2.20. The molecule has 0 atom stereocenters. The third-order valence-electron chi connectivity index (χ3n) is 4.45. The molecule has 2 aromatic rings. The van der Waals surface area contributed by atoms with Crippen LogP contribution in [-0.2, 0) is 0 Å². The highest BCUT2D eigenvalue weighted by Gasteiger charge is 2.23. The lowest BCUT2D eigenvalue weighted by Gasteiger charge is -2.31. The molecule has 1 fully saturated rings. The van der Waals surface area contributed by atoms with E-state index in [4.69, 9.17) is 5.11 Å². The lowest BCUT2D eigenvalue weighted by molar-refractivity contribution is 0.0651. The summed E-state index contributed by atoms with van der Waals surface area (Å²) in [6.45, 7) is 1.58. The van der Waals surface area contributed by atoms with E-state index in [1.807, 2.05) is 23.1 Å². The fourth-order valence-electron chi connectivity index (χ4n) is 2.97. The van der Waals surface area contributed by atoms with Crippen molar-refractivity contribution in [2.24, 2.45) is 5.92 Å². The van der Waals surface area contributed by atoms with Gasteiger partial charge in [-0.1, -0.05) is 24.3 Å². The monoisotopic (exact) mass is 313 g/mol. The summed E-state index contributed by atoms with van der Waals surface area (Å²) in [6.07, 6.45) is 1.70. The summed E-state index contributed by atoms with van der Waals surface area (Å²) in [6, 6.07) is 13.7. The van der Waals surface area contributed by atoms with E-state index >= 15 is 0 Å². The van der Waals surface area contributed by atoms with Crippen molar-refractivity contribution in [3.05, 3.63) is 59.9 Å². The number of benzene rings is 2. The maximum Gasteiger partial charge on any atom is 0.253 e. The van der Waals surface area contributed by atoms with Gasteiger partial charge in [0, 0.05) is 25.3 Å². The number of likely N-dealkylation sites (tertiary alicyclic amines) is 1. The Balaban J connectivity index is 1.71. The van der Waals surface area contributed by atoms with Crippen LogP contribution in [0.2, 0.25) is 0 Å². The van der Waals surface area contributed by atoms with Crippen LogP contribution < -0.4 is 0 Å². The molecular weight excluding hydrogens is 293 g/mol. The predicted molar refractivity (Wildman–Crippen MR) is 87.5 cm³/mol. The van der Waals surface area contributed by atoms with Crippen LogP contribution in [0, 0.1) is 11.7 Å². The van der Waals surface area contributed by atoms with Gasteiger partial charge in [-0.05, 0) is 54.2 Å². The Morgan fingerprint density at radius 3 is 2.39 bits per heavy atom. The van der Waals surface area contributed by atoms with Crippen molar-refractivity contribution in [3.8, 4) is 11.1 Å². The van der Waals surface area contributed by atoms with E-state index in [2.05, 4.69) is 0 Å². The Morgan fingerprint density at radius 1 is 1.09 bits per heavy atom. The SMILES string of the molecule is O=C(c1ccc(-c2cccc(F)c2)cc1)N1CCC(CO)CC1. The third-order valence-corrected chi connectivity index (χ3v) is 4.45. The van der Waals surface area contributed by atoms with E-state index in [0.29, 0.717) is 24.6 Å². The fraction of sp³-hybridized carbons (Fsp3) is 0.316. The summed E-state index contributed by atoms with van der Waals surface area (Å²) in [5, 5.41) is 9.16. The molecule has 1 amide bonds. The van der Waals surface area contributed by atoms with Gasteiger partial charge in [-0.2, -0.15) is 0 Å². The van der Waals surface area contributed by atoms with Gasteiger partial charge in [-0.3, -0.25) is 4.79 Å². The van der Waals surface area contributed by atoms with Gasteiger partial charge in [0.05, 0.1) is 0 Å².